The van der Waals surface area contributed by atoms with E-state index in [9.17, 15) is 8.42 Å². The Morgan fingerprint density at radius 3 is 2.09 bits per heavy atom. The largest absolute Gasteiger partial charge is 0.316 e. The van der Waals surface area contributed by atoms with Crippen molar-refractivity contribution in [2.45, 2.75) is 13.3 Å². The zero-order chi connectivity index (χ0) is 9.12. The fourth-order valence-corrected chi connectivity index (χ4v) is 2.12. The highest BCUT2D eigenvalue weighted by atomic mass is 32.2. The van der Waals surface area contributed by atoms with Crippen LogP contribution in [0.4, 0.5) is 0 Å². The summed E-state index contributed by atoms with van der Waals surface area (Å²) in [5.74, 6) is -0.208. The Kier molecular flexibility index (Phi) is 3.47. The lowest BCUT2D eigenvalue weighted by Gasteiger charge is -2.27. The van der Waals surface area contributed by atoms with E-state index in [4.69, 9.17) is 4.55 Å². The molecule has 11 heavy (non-hydrogen) atoms. The van der Waals surface area contributed by atoms with Crippen LogP contribution in [0.3, 0.4) is 0 Å². The summed E-state index contributed by atoms with van der Waals surface area (Å²) in [7, 11) is -0.282. The Morgan fingerprint density at radius 1 is 1.36 bits per heavy atom. The molecule has 0 aromatic rings. The van der Waals surface area contributed by atoms with Gasteiger partial charge in [0.05, 0.1) is 20.6 Å². The predicted octanol–water partition coefficient (Wildman–Crippen LogP) is 0.318. The lowest BCUT2D eigenvalue weighted by atomic mass is 10.4. The van der Waals surface area contributed by atoms with Gasteiger partial charge in [0.25, 0.3) is 0 Å². The van der Waals surface area contributed by atoms with Crippen LogP contribution in [-0.4, -0.2) is 44.0 Å². The minimum absolute atomic E-state index is 0.208. The molecule has 0 aromatic heterocycles. The van der Waals surface area contributed by atoms with E-state index in [2.05, 4.69) is 0 Å². The van der Waals surface area contributed by atoms with Gasteiger partial charge >= 0.3 is 10.1 Å². The van der Waals surface area contributed by atoms with Crippen molar-refractivity contribution in [3.63, 3.8) is 0 Å². The number of hydrogen-bond donors (Lipinski definition) is 1. The Bertz CT molecular complexity index is 208. The molecule has 0 heterocycles. The van der Waals surface area contributed by atoms with E-state index < -0.39 is 10.1 Å². The summed E-state index contributed by atoms with van der Waals surface area (Å²) in [4.78, 5) is 0. The van der Waals surface area contributed by atoms with Crippen LogP contribution in [0.1, 0.15) is 13.3 Å². The highest BCUT2D eigenvalue weighted by Gasteiger charge is 2.21. The summed E-state index contributed by atoms with van der Waals surface area (Å²) in [5, 5.41) is 0. The monoisotopic (exact) mass is 182 g/mol. The average Bonchev–Trinajstić information content (AvgIpc) is 1.55. The van der Waals surface area contributed by atoms with Gasteiger partial charge in [-0.25, -0.2) is 0 Å². The van der Waals surface area contributed by atoms with Gasteiger partial charge in [-0.1, -0.05) is 6.92 Å². The third-order valence-corrected chi connectivity index (χ3v) is 2.37. The van der Waals surface area contributed by atoms with Crippen molar-refractivity contribution < 1.29 is 17.5 Å². The first-order valence-corrected chi connectivity index (χ1v) is 5.15. The topological polar surface area (TPSA) is 54.4 Å². The van der Waals surface area contributed by atoms with Gasteiger partial charge in [-0.15, -0.1) is 0 Å². The summed E-state index contributed by atoms with van der Waals surface area (Å²) in [6.45, 7) is 2.73. The van der Waals surface area contributed by atoms with Crippen molar-refractivity contribution in [1.29, 1.82) is 0 Å². The third kappa shape index (κ3) is 6.28. The molecule has 0 saturated heterocycles. The Morgan fingerprint density at radius 2 is 1.82 bits per heavy atom. The maximum absolute atomic E-state index is 10.5. The van der Waals surface area contributed by atoms with Crippen molar-refractivity contribution in [2.24, 2.45) is 0 Å². The first kappa shape index (κ1) is 10.9. The molecule has 0 radical (unpaired) electrons. The normalized spacial score (nSPS) is 13.5. The number of quaternary nitrogens is 1. The van der Waals surface area contributed by atoms with Crippen molar-refractivity contribution >= 4 is 10.1 Å². The molecule has 0 aromatic carbocycles. The summed E-state index contributed by atoms with van der Waals surface area (Å²) >= 11 is 0. The lowest BCUT2D eigenvalue weighted by Crippen LogP contribution is -2.44. The van der Waals surface area contributed by atoms with Gasteiger partial charge in [-0.2, -0.15) is 8.42 Å². The standard InChI is InChI=1S/C6H15NO3S/c1-4-5-7(2,3)6-11(8,9)10/h4-6H2,1-3H3/p+1. The highest BCUT2D eigenvalue weighted by Crippen LogP contribution is 2.01. The number of nitrogens with zero attached hydrogens (tertiary/aromatic N) is 1. The fraction of sp³-hybridized carbons (Fsp3) is 1.00. The first-order valence-electron chi connectivity index (χ1n) is 3.54. The molecule has 0 spiro atoms. The number of rotatable bonds is 4. The summed E-state index contributed by atoms with van der Waals surface area (Å²) in [5.41, 5.74) is 0. The average molecular weight is 182 g/mol. The quantitative estimate of drug-likeness (QED) is 0.503. The zero-order valence-corrected chi connectivity index (χ0v) is 8.06. The van der Waals surface area contributed by atoms with Gasteiger partial charge in [-0.3, -0.25) is 4.55 Å². The van der Waals surface area contributed by atoms with E-state index >= 15 is 0 Å². The van der Waals surface area contributed by atoms with E-state index in [1.807, 2.05) is 6.92 Å². The summed E-state index contributed by atoms with van der Waals surface area (Å²) in [6, 6.07) is 0. The summed E-state index contributed by atoms with van der Waals surface area (Å²) in [6.07, 6.45) is 0.905. The van der Waals surface area contributed by atoms with Gasteiger partial charge < -0.3 is 4.48 Å². The van der Waals surface area contributed by atoms with Crippen LogP contribution >= 0.6 is 0 Å². The van der Waals surface area contributed by atoms with E-state index in [-0.39, 0.29) is 5.88 Å². The Balaban J connectivity index is 4.13. The first-order chi connectivity index (χ1) is 4.77. The predicted molar refractivity (Wildman–Crippen MR) is 43.7 cm³/mol. The molecule has 0 aliphatic carbocycles. The minimum atomic E-state index is -3.83. The van der Waals surface area contributed by atoms with Crippen LogP contribution in [-0.2, 0) is 10.1 Å². The fourth-order valence-electron chi connectivity index (χ4n) is 1.11. The molecule has 4 nitrogen and oxygen atoms in total. The smallest absolute Gasteiger partial charge is 0.314 e. The molecule has 0 saturated carbocycles. The van der Waals surface area contributed by atoms with Crippen LogP contribution in [0.25, 0.3) is 0 Å². The van der Waals surface area contributed by atoms with E-state index in [1.54, 1.807) is 14.1 Å². The van der Waals surface area contributed by atoms with Crippen LogP contribution in [0.15, 0.2) is 0 Å². The summed E-state index contributed by atoms with van der Waals surface area (Å²) < 4.78 is 29.8. The molecule has 0 amide bonds. The molecule has 68 valence electrons. The van der Waals surface area contributed by atoms with Gasteiger partial charge in [0, 0.05) is 0 Å². The molecule has 1 N–H and O–H groups in total. The molecule has 0 unspecified atom stereocenters. The minimum Gasteiger partial charge on any atom is -0.314 e. The van der Waals surface area contributed by atoms with Gasteiger partial charge in [0.15, 0.2) is 0 Å². The second-order valence-corrected chi connectivity index (χ2v) is 4.79. The van der Waals surface area contributed by atoms with E-state index in [0.717, 1.165) is 13.0 Å². The SMILES string of the molecule is CCC[N+](C)(C)CS(=O)(=O)O. The van der Waals surface area contributed by atoms with Crippen LogP contribution in [0.5, 0.6) is 0 Å². The van der Waals surface area contributed by atoms with Gasteiger partial charge in [0.2, 0.25) is 5.88 Å². The molecule has 0 rings (SSSR count). The van der Waals surface area contributed by atoms with Gasteiger partial charge in [0.1, 0.15) is 0 Å². The van der Waals surface area contributed by atoms with Crippen molar-refractivity contribution in [3.8, 4) is 0 Å². The van der Waals surface area contributed by atoms with Crippen LogP contribution < -0.4 is 0 Å². The maximum Gasteiger partial charge on any atom is 0.316 e. The molecular weight excluding hydrogens is 166 g/mol. The Hall–Kier alpha value is -0.130. The molecule has 5 heteroatoms. The molecule has 0 bridgehead atoms. The van der Waals surface area contributed by atoms with E-state index in [1.165, 1.54) is 0 Å². The third-order valence-electron chi connectivity index (χ3n) is 1.34. The van der Waals surface area contributed by atoms with Crippen molar-refractivity contribution in [1.82, 2.24) is 0 Å². The maximum atomic E-state index is 10.5. The van der Waals surface area contributed by atoms with Crippen molar-refractivity contribution in [2.75, 3.05) is 26.5 Å². The molecule has 0 fully saturated rings. The lowest BCUT2D eigenvalue weighted by molar-refractivity contribution is -0.878. The molecule has 0 aliphatic heterocycles. The van der Waals surface area contributed by atoms with E-state index in [0.29, 0.717) is 4.48 Å². The molecule has 0 atom stereocenters. The highest BCUT2D eigenvalue weighted by molar-refractivity contribution is 7.85. The molecular formula is C6H16NO3S+. The van der Waals surface area contributed by atoms with Gasteiger partial charge in [-0.05, 0) is 6.42 Å². The van der Waals surface area contributed by atoms with Crippen LogP contribution in [0.2, 0.25) is 0 Å². The second kappa shape index (κ2) is 3.51. The van der Waals surface area contributed by atoms with Crippen molar-refractivity contribution in [3.05, 3.63) is 0 Å². The molecule has 0 aliphatic rings. The second-order valence-electron chi connectivity index (χ2n) is 3.37. The number of hydrogen-bond acceptors (Lipinski definition) is 2. The zero-order valence-electron chi connectivity index (χ0n) is 7.24. The van der Waals surface area contributed by atoms with Crippen LogP contribution in [0, 0.1) is 0 Å². The Labute approximate surface area is 68.2 Å².